The quantitative estimate of drug-likeness (QED) is 0.737. The molecule has 0 bridgehead atoms. The van der Waals surface area contributed by atoms with Gasteiger partial charge in [0, 0.05) is 36.9 Å². The van der Waals surface area contributed by atoms with Crippen LogP contribution in [0.1, 0.15) is 17.3 Å². The molecular weight excluding hydrogens is 214 g/mol. The minimum absolute atomic E-state index is 0.102. The number of nitrogens with two attached hydrogens (primary N) is 1. The molecule has 92 valence electrons. The van der Waals surface area contributed by atoms with Crippen molar-refractivity contribution in [3.63, 3.8) is 0 Å². The molecular formula is C13H19N3O. The van der Waals surface area contributed by atoms with E-state index in [1.165, 1.54) is 0 Å². The summed E-state index contributed by atoms with van der Waals surface area (Å²) >= 11 is 0. The lowest BCUT2D eigenvalue weighted by Gasteiger charge is -2.37. The van der Waals surface area contributed by atoms with Gasteiger partial charge in [0.05, 0.1) is 0 Å². The summed E-state index contributed by atoms with van der Waals surface area (Å²) in [5, 5.41) is 0. The molecule has 1 atom stereocenters. The van der Waals surface area contributed by atoms with Crippen LogP contribution in [-0.2, 0) is 0 Å². The Morgan fingerprint density at radius 2 is 1.94 bits per heavy atom. The predicted octanol–water partition coefficient (Wildman–Crippen LogP) is 1.04. The van der Waals surface area contributed by atoms with E-state index in [0.717, 1.165) is 25.2 Å². The Labute approximate surface area is 102 Å². The highest BCUT2D eigenvalue weighted by molar-refractivity contribution is 5.94. The fraction of sp³-hybridized carbons (Fsp3) is 0.462. The van der Waals surface area contributed by atoms with E-state index in [2.05, 4.69) is 18.9 Å². The number of piperazine rings is 1. The predicted molar refractivity (Wildman–Crippen MR) is 68.8 cm³/mol. The van der Waals surface area contributed by atoms with Gasteiger partial charge < -0.3 is 15.5 Å². The first-order chi connectivity index (χ1) is 8.08. The van der Waals surface area contributed by atoms with Crippen molar-refractivity contribution < 1.29 is 4.79 Å². The Morgan fingerprint density at radius 1 is 1.29 bits per heavy atom. The van der Waals surface area contributed by atoms with Gasteiger partial charge in [0.1, 0.15) is 0 Å². The van der Waals surface area contributed by atoms with Gasteiger partial charge in [-0.3, -0.25) is 4.79 Å². The van der Waals surface area contributed by atoms with Gasteiger partial charge in [0.2, 0.25) is 0 Å². The molecule has 0 aromatic heterocycles. The molecule has 4 heteroatoms. The standard InChI is InChI=1S/C13H19N3O/c1-10-9-16(8-7-15(10)2)13(17)11-3-5-12(14)6-4-11/h3-6,10H,7-9,14H2,1-2H3. The van der Waals surface area contributed by atoms with Crippen molar-refractivity contribution in [2.45, 2.75) is 13.0 Å². The summed E-state index contributed by atoms with van der Waals surface area (Å²) in [6.07, 6.45) is 0. The largest absolute Gasteiger partial charge is 0.399 e. The van der Waals surface area contributed by atoms with Crippen LogP contribution >= 0.6 is 0 Å². The molecule has 2 rings (SSSR count). The lowest BCUT2D eigenvalue weighted by atomic mass is 10.1. The molecule has 0 radical (unpaired) electrons. The monoisotopic (exact) mass is 233 g/mol. The molecule has 4 nitrogen and oxygen atoms in total. The lowest BCUT2D eigenvalue weighted by Crippen LogP contribution is -2.52. The van der Waals surface area contributed by atoms with Gasteiger partial charge in [0.15, 0.2) is 0 Å². The number of nitrogen functional groups attached to an aromatic ring is 1. The van der Waals surface area contributed by atoms with Gasteiger partial charge in [0.25, 0.3) is 5.91 Å². The minimum Gasteiger partial charge on any atom is -0.399 e. The number of hydrogen-bond donors (Lipinski definition) is 1. The summed E-state index contributed by atoms with van der Waals surface area (Å²) in [6.45, 7) is 4.66. The number of carbonyl (C=O) groups excluding carboxylic acids is 1. The molecule has 1 saturated heterocycles. The molecule has 1 aliphatic heterocycles. The first kappa shape index (κ1) is 11.9. The molecule has 1 fully saturated rings. The van der Waals surface area contributed by atoms with Crippen molar-refractivity contribution in [1.82, 2.24) is 9.80 Å². The second-order valence-corrected chi connectivity index (χ2v) is 4.70. The van der Waals surface area contributed by atoms with Gasteiger partial charge in [-0.15, -0.1) is 0 Å². The third-order valence-corrected chi connectivity index (χ3v) is 3.40. The summed E-state index contributed by atoms with van der Waals surface area (Å²) in [6, 6.07) is 7.54. The van der Waals surface area contributed by atoms with Crippen molar-refractivity contribution in [1.29, 1.82) is 0 Å². The van der Waals surface area contributed by atoms with Crippen molar-refractivity contribution in [3.8, 4) is 0 Å². The topological polar surface area (TPSA) is 49.6 Å². The van der Waals surface area contributed by atoms with E-state index in [9.17, 15) is 4.79 Å². The highest BCUT2D eigenvalue weighted by atomic mass is 16.2. The zero-order valence-electron chi connectivity index (χ0n) is 10.4. The number of hydrogen-bond acceptors (Lipinski definition) is 3. The summed E-state index contributed by atoms with van der Waals surface area (Å²) < 4.78 is 0. The number of rotatable bonds is 1. The van der Waals surface area contributed by atoms with Crippen LogP contribution < -0.4 is 5.73 Å². The summed E-state index contributed by atoms with van der Waals surface area (Å²) in [7, 11) is 2.09. The zero-order chi connectivity index (χ0) is 12.4. The van der Waals surface area contributed by atoms with E-state index in [1.54, 1.807) is 24.3 Å². The van der Waals surface area contributed by atoms with E-state index in [0.29, 0.717) is 11.7 Å². The smallest absolute Gasteiger partial charge is 0.253 e. The summed E-state index contributed by atoms with van der Waals surface area (Å²) in [5.41, 5.74) is 7.02. The Kier molecular flexibility index (Phi) is 3.33. The highest BCUT2D eigenvalue weighted by Crippen LogP contribution is 2.13. The van der Waals surface area contributed by atoms with Gasteiger partial charge in [-0.05, 0) is 38.2 Å². The van der Waals surface area contributed by atoms with Crippen molar-refractivity contribution in [2.24, 2.45) is 0 Å². The molecule has 1 aromatic carbocycles. The molecule has 1 aliphatic rings. The lowest BCUT2D eigenvalue weighted by molar-refractivity contribution is 0.0572. The van der Waals surface area contributed by atoms with E-state index < -0.39 is 0 Å². The van der Waals surface area contributed by atoms with E-state index in [4.69, 9.17) is 5.73 Å². The van der Waals surface area contributed by atoms with Crippen LogP contribution in [0.15, 0.2) is 24.3 Å². The fourth-order valence-electron chi connectivity index (χ4n) is 2.04. The highest BCUT2D eigenvalue weighted by Gasteiger charge is 2.24. The number of likely N-dealkylation sites (N-methyl/N-ethyl adjacent to an activating group) is 1. The average Bonchev–Trinajstić information content (AvgIpc) is 2.33. The van der Waals surface area contributed by atoms with Gasteiger partial charge in [-0.25, -0.2) is 0 Å². The van der Waals surface area contributed by atoms with Crippen molar-refractivity contribution in [3.05, 3.63) is 29.8 Å². The molecule has 1 amide bonds. The second kappa shape index (κ2) is 4.75. The van der Waals surface area contributed by atoms with Gasteiger partial charge in [-0.2, -0.15) is 0 Å². The van der Waals surface area contributed by atoms with Crippen LogP contribution in [0.3, 0.4) is 0 Å². The molecule has 2 N–H and O–H groups in total. The van der Waals surface area contributed by atoms with Crippen LogP contribution in [0.5, 0.6) is 0 Å². The molecule has 17 heavy (non-hydrogen) atoms. The molecule has 1 unspecified atom stereocenters. The second-order valence-electron chi connectivity index (χ2n) is 4.70. The van der Waals surface area contributed by atoms with Gasteiger partial charge in [-0.1, -0.05) is 0 Å². The Hall–Kier alpha value is -1.55. The van der Waals surface area contributed by atoms with Crippen LogP contribution in [0.25, 0.3) is 0 Å². The average molecular weight is 233 g/mol. The first-order valence-electron chi connectivity index (χ1n) is 5.93. The van der Waals surface area contributed by atoms with E-state index in [-0.39, 0.29) is 5.91 Å². The molecule has 0 aliphatic carbocycles. The van der Waals surface area contributed by atoms with E-state index in [1.807, 2.05) is 4.90 Å². The number of carbonyl (C=O) groups is 1. The van der Waals surface area contributed by atoms with Crippen molar-refractivity contribution >= 4 is 11.6 Å². The van der Waals surface area contributed by atoms with Crippen LogP contribution in [0.2, 0.25) is 0 Å². The maximum absolute atomic E-state index is 12.2. The van der Waals surface area contributed by atoms with Gasteiger partial charge >= 0.3 is 0 Å². The van der Waals surface area contributed by atoms with E-state index >= 15 is 0 Å². The fourth-order valence-corrected chi connectivity index (χ4v) is 2.04. The maximum Gasteiger partial charge on any atom is 0.253 e. The number of amides is 1. The van der Waals surface area contributed by atoms with Crippen molar-refractivity contribution in [2.75, 3.05) is 32.4 Å². The number of anilines is 1. The SMILES string of the molecule is CC1CN(C(=O)c2ccc(N)cc2)CCN1C. The first-order valence-corrected chi connectivity index (χ1v) is 5.93. The molecule has 0 saturated carbocycles. The molecule has 0 spiro atoms. The van der Waals surface area contributed by atoms with Crippen LogP contribution in [0.4, 0.5) is 5.69 Å². The summed E-state index contributed by atoms with van der Waals surface area (Å²) in [4.78, 5) is 16.4. The van der Waals surface area contributed by atoms with Crippen LogP contribution in [0, 0.1) is 0 Å². The Balaban J connectivity index is 2.08. The Bertz CT molecular complexity index is 402. The zero-order valence-corrected chi connectivity index (χ0v) is 10.4. The number of benzene rings is 1. The summed E-state index contributed by atoms with van der Waals surface area (Å²) in [5.74, 6) is 0.102. The molecule has 1 aromatic rings. The maximum atomic E-state index is 12.2. The van der Waals surface area contributed by atoms with Crippen LogP contribution in [-0.4, -0.2) is 48.4 Å². The minimum atomic E-state index is 0.102. The molecule has 1 heterocycles. The normalized spacial score (nSPS) is 21.5. The number of nitrogens with zero attached hydrogens (tertiary/aromatic N) is 2. The third-order valence-electron chi connectivity index (χ3n) is 3.40. The Morgan fingerprint density at radius 3 is 2.53 bits per heavy atom. The third kappa shape index (κ3) is 2.58.